The van der Waals surface area contributed by atoms with Crippen LogP contribution in [0.1, 0.15) is 56.4 Å². The summed E-state index contributed by atoms with van der Waals surface area (Å²) >= 11 is 0. The molecule has 1 amide bonds. The van der Waals surface area contributed by atoms with Crippen LogP contribution in [0.15, 0.2) is 0 Å². The van der Waals surface area contributed by atoms with Gasteiger partial charge in [-0.2, -0.15) is 9.90 Å². The maximum absolute atomic E-state index is 12.7. The molecule has 0 unspecified atom stereocenters. The molecule has 25 heavy (non-hydrogen) atoms. The highest BCUT2D eigenvalue weighted by Gasteiger charge is 2.28. The Morgan fingerprint density at radius 1 is 1.12 bits per heavy atom. The van der Waals surface area contributed by atoms with Crippen LogP contribution >= 0.6 is 0 Å². The van der Waals surface area contributed by atoms with Crippen LogP contribution in [0.25, 0.3) is 0 Å². The molecule has 2 aliphatic rings. The maximum Gasteiger partial charge on any atom is 0.246 e. The molecule has 2 aromatic heterocycles. The summed E-state index contributed by atoms with van der Waals surface area (Å²) < 4.78 is 2.10. The Morgan fingerprint density at radius 2 is 1.92 bits per heavy atom. The van der Waals surface area contributed by atoms with Crippen LogP contribution < -0.4 is 0 Å². The number of nitrogens with zero attached hydrogens (tertiary/aromatic N) is 7. The van der Waals surface area contributed by atoms with E-state index in [0.717, 1.165) is 19.4 Å². The Morgan fingerprint density at radius 3 is 2.68 bits per heavy atom. The molecule has 0 fully saturated rings. The van der Waals surface area contributed by atoms with E-state index in [9.17, 15) is 4.79 Å². The van der Waals surface area contributed by atoms with Crippen LogP contribution in [0.5, 0.6) is 0 Å². The first-order valence-corrected chi connectivity index (χ1v) is 9.05. The van der Waals surface area contributed by atoms with Crippen molar-refractivity contribution in [1.82, 2.24) is 34.9 Å². The number of rotatable bonds is 2. The molecule has 0 saturated carbocycles. The number of hydrogen-bond donors (Lipinski definition) is 0. The fourth-order valence-corrected chi connectivity index (χ4v) is 3.55. The van der Waals surface area contributed by atoms with Gasteiger partial charge in [-0.1, -0.05) is 20.8 Å². The van der Waals surface area contributed by atoms with Gasteiger partial charge in [0.25, 0.3) is 0 Å². The first-order chi connectivity index (χ1) is 11.9. The average molecular weight is 343 g/mol. The number of amides is 1. The molecule has 0 radical (unpaired) electrons. The molecular weight excluding hydrogens is 318 g/mol. The van der Waals surface area contributed by atoms with Gasteiger partial charge in [0.1, 0.15) is 6.54 Å². The van der Waals surface area contributed by atoms with Gasteiger partial charge in [0.2, 0.25) is 5.91 Å². The maximum atomic E-state index is 12.7. The fourth-order valence-electron chi connectivity index (χ4n) is 3.55. The van der Waals surface area contributed by atoms with Crippen LogP contribution in [0, 0.1) is 0 Å². The van der Waals surface area contributed by atoms with E-state index in [0.29, 0.717) is 18.9 Å². The zero-order valence-electron chi connectivity index (χ0n) is 15.2. The van der Waals surface area contributed by atoms with Crippen molar-refractivity contribution in [2.75, 3.05) is 6.54 Å². The lowest BCUT2D eigenvalue weighted by Gasteiger charge is -2.28. The van der Waals surface area contributed by atoms with E-state index in [1.165, 1.54) is 34.6 Å². The van der Waals surface area contributed by atoms with Crippen molar-refractivity contribution in [3.63, 3.8) is 0 Å². The van der Waals surface area contributed by atoms with Gasteiger partial charge in [-0.05, 0) is 36.5 Å². The van der Waals surface area contributed by atoms with Gasteiger partial charge in [-0.15, -0.1) is 10.2 Å². The number of carbonyl (C=O) groups excluding carboxylic acids is 1. The number of aryl methyl sites for hydroxylation is 1. The van der Waals surface area contributed by atoms with E-state index in [1.807, 2.05) is 25.7 Å². The second-order valence-corrected chi connectivity index (χ2v) is 8.01. The second-order valence-electron chi connectivity index (χ2n) is 8.01. The van der Waals surface area contributed by atoms with Gasteiger partial charge < -0.3 is 4.90 Å². The minimum absolute atomic E-state index is 0.0369. The lowest BCUT2D eigenvalue weighted by atomic mass is 9.95. The Balaban J connectivity index is 1.47. The van der Waals surface area contributed by atoms with Crippen LogP contribution in [-0.4, -0.2) is 47.3 Å². The molecule has 0 aromatic carbocycles. The summed E-state index contributed by atoms with van der Waals surface area (Å²) in [6, 6.07) is 0. The summed E-state index contributed by atoms with van der Waals surface area (Å²) in [5, 5.41) is 17.2. The SMILES string of the molecule is CC(C)(C)c1nnn(CC(=O)N2CCn3nc4c(c3C2)CCCC4)n1. The third-order valence-electron chi connectivity index (χ3n) is 5.02. The summed E-state index contributed by atoms with van der Waals surface area (Å²) in [6.07, 6.45) is 4.60. The summed E-state index contributed by atoms with van der Waals surface area (Å²) in [7, 11) is 0. The number of carbonyl (C=O) groups is 1. The molecule has 0 spiro atoms. The molecule has 1 aliphatic carbocycles. The van der Waals surface area contributed by atoms with Crippen molar-refractivity contribution in [3.05, 3.63) is 22.8 Å². The van der Waals surface area contributed by atoms with Crippen molar-refractivity contribution in [2.45, 2.75) is 71.5 Å². The van der Waals surface area contributed by atoms with E-state index < -0.39 is 0 Å². The van der Waals surface area contributed by atoms with Crippen molar-refractivity contribution in [3.8, 4) is 0 Å². The molecule has 3 heterocycles. The molecule has 8 heteroatoms. The zero-order valence-corrected chi connectivity index (χ0v) is 15.2. The van der Waals surface area contributed by atoms with Gasteiger partial charge in [-0.25, -0.2) is 0 Å². The third-order valence-corrected chi connectivity index (χ3v) is 5.02. The topological polar surface area (TPSA) is 81.7 Å². The predicted molar refractivity (Wildman–Crippen MR) is 90.8 cm³/mol. The van der Waals surface area contributed by atoms with E-state index in [-0.39, 0.29) is 17.9 Å². The first-order valence-electron chi connectivity index (χ1n) is 9.05. The molecule has 0 bridgehead atoms. The predicted octanol–water partition coefficient (Wildman–Crippen LogP) is 1.09. The fraction of sp³-hybridized carbons (Fsp3) is 0.706. The van der Waals surface area contributed by atoms with Crippen LogP contribution in [-0.2, 0) is 42.7 Å². The van der Waals surface area contributed by atoms with Crippen LogP contribution in [0.2, 0.25) is 0 Å². The Bertz CT molecular complexity index is 799. The van der Waals surface area contributed by atoms with Crippen molar-refractivity contribution in [2.24, 2.45) is 0 Å². The molecular formula is C17H25N7O. The number of fused-ring (bicyclic) bond motifs is 3. The molecule has 0 saturated heterocycles. The monoisotopic (exact) mass is 343 g/mol. The largest absolute Gasteiger partial charge is 0.333 e. The summed E-state index contributed by atoms with van der Waals surface area (Å²) in [4.78, 5) is 16.0. The Labute approximate surface area is 147 Å². The second kappa shape index (κ2) is 5.93. The lowest BCUT2D eigenvalue weighted by molar-refractivity contribution is -0.133. The summed E-state index contributed by atoms with van der Waals surface area (Å²) in [5.74, 6) is 0.695. The number of hydrogen-bond acceptors (Lipinski definition) is 5. The first kappa shape index (κ1) is 16.2. The zero-order chi connectivity index (χ0) is 17.6. The molecule has 0 N–H and O–H groups in total. The smallest absolute Gasteiger partial charge is 0.246 e. The Hall–Kier alpha value is -2.25. The minimum atomic E-state index is -0.169. The highest BCUT2D eigenvalue weighted by molar-refractivity contribution is 5.75. The lowest BCUT2D eigenvalue weighted by Crippen LogP contribution is -2.40. The normalized spacial score (nSPS) is 17.3. The van der Waals surface area contributed by atoms with E-state index >= 15 is 0 Å². The molecule has 4 rings (SSSR count). The van der Waals surface area contributed by atoms with Crippen LogP contribution in [0.4, 0.5) is 0 Å². The number of tetrazole rings is 1. The van der Waals surface area contributed by atoms with Crippen molar-refractivity contribution in [1.29, 1.82) is 0 Å². The minimum Gasteiger partial charge on any atom is -0.333 e. The van der Waals surface area contributed by atoms with Crippen LogP contribution in [0.3, 0.4) is 0 Å². The Kier molecular flexibility index (Phi) is 3.85. The molecule has 0 atom stereocenters. The molecule has 1 aliphatic heterocycles. The highest BCUT2D eigenvalue weighted by Crippen LogP contribution is 2.27. The molecule has 8 nitrogen and oxygen atoms in total. The highest BCUT2D eigenvalue weighted by atomic mass is 16.2. The van der Waals surface area contributed by atoms with Gasteiger partial charge in [-0.3, -0.25) is 9.48 Å². The van der Waals surface area contributed by atoms with Gasteiger partial charge in [0, 0.05) is 12.0 Å². The summed E-state index contributed by atoms with van der Waals surface area (Å²) in [6.45, 7) is 8.34. The summed E-state index contributed by atoms with van der Waals surface area (Å²) in [5.41, 5.74) is 3.66. The van der Waals surface area contributed by atoms with Gasteiger partial charge >= 0.3 is 0 Å². The van der Waals surface area contributed by atoms with E-state index in [4.69, 9.17) is 5.10 Å². The van der Waals surface area contributed by atoms with Crippen molar-refractivity contribution >= 4 is 5.91 Å². The molecule has 134 valence electrons. The van der Waals surface area contributed by atoms with Crippen molar-refractivity contribution < 1.29 is 4.79 Å². The quantitative estimate of drug-likeness (QED) is 0.815. The van der Waals surface area contributed by atoms with Gasteiger partial charge in [0.15, 0.2) is 5.82 Å². The van der Waals surface area contributed by atoms with E-state index in [2.05, 4.69) is 20.1 Å². The van der Waals surface area contributed by atoms with E-state index in [1.54, 1.807) is 0 Å². The van der Waals surface area contributed by atoms with Gasteiger partial charge in [0.05, 0.1) is 24.5 Å². The number of aromatic nitrogens is 6. The standard InChI is InChI=1S/C17H25N7O/c1-17(2,3)16-18-21-24(20-16)11-15(25)22-8-9-23-14(10-22)12-6-4-5-7-13(12)19-23/h4-11H2,1-3H3. The molecule has 2 aromatic rings. The average Bonchev–Trinajstić information content (AvgIpc) is 3.18. The third kappa shape index (κ3) is 3.05.